The van der Waals surface area contributed by atoms with Gasteiger partial charge in [0.15, 0.2) is 0 Å². The fourth-order valence-electron chi connectivity index (χ4n) is 3.77. The van der Waals surface area contributed by atoms with E-state index >= 15 is 0 Å². The topological polar surface area (TPSA) is 34.0 Å². The summed E-state index contributed by atoms with van der Waals surface area (Å²) in [5.74, 6) is 1.77. The molecule has 1 fully saturated rings. The maximum Gasteiger partial charge on any atom is 0.141 e. The Balaban J connectivity index is 1.39. The molecule has 0 atom stereocenters. The Morgan fingerprint density at radius 2 is 2.00 bits per heavy atom. The molecule has 4 nitrogen and oxygen atoms in total. The maximum absolute atomic E-state index is 4.64. The van der Waals surface area contributed by atoms with E-state index in [1.807, 2.05) is 36.0 Å². The number of hydrogen-bond donors (Lipinski definition) is 0. The first-order valence-corrected chi connectivity index (χ1v) is 10.3. The molecule has 0 N–H and O–H groups in total. The zero-order chi connectivity index (χ0) is 17.9. The van der Waals surface area contributed by atoms with Crippen molar-refractivity contribution in [2.75, 3.05) is 13.1 Å². The predicted molar refractivity (Wildman–Crippen MR) is 107 cm³/mol. The largest absolute Gasteiger partial charge is 0.328 e. The SMILES string of the molecule is Cc1ccsc1CN1CCC(Cn2c(C)cnc2-c2cccnc2)CC1. The zero-order valence-corrected chi connectivity index (χ0v) is 16.4. The van der Waals surface area contributed by atoms with Crippen LogP contribution in [0.5, 0.6) is 0 Å². The van der Waals surface area contributed by atoms with Gasteiger partial charge in [0.2, 0.25) is 0 Å². The molecule has 4 rings (SSSR count). The number of rotatable bonds is 5. The third-order valence-electron chi connectivity index (χ3n) is 5.46. The Kier molecular flexibility index (Phi) is 5.18. The fraction of sp³-hybridized carbons (Fsp3) is 0.429. The first-order chi connectivity index (χ1) is 12.7. The van der Waals surface area contributed by atoms with Gasteiger partial charge in [-0.05, 0) is 74.8 Å². The highest BCUT2D eigenvalue weighted by atomic mass is 32.1. The lowest BCUT2D eigenvalue weighted by atomic mass is 9.96. The Labute approximate surface area is 159 Å². The number of aromatic nitrogens is 3. The molecule has 5 heteroatoms. The number of likely N-dealkylation sites (tertiary alicyclic amines) is 1. The van der Waals surface area contributed by atoms with Crippen molar-refractivity contribution in [3.05, 3.63) is 58.3 Å². The van der Waals surface area contributed by atoms with E-state index in [2.05, 4.69) is 50.8 Å². The molecule has 136 valence electrons. The van der Waals surface area contributed by atoms with Crippen LogP contribution in [0.1, 0.15) is 29.0 Å². The van der Waals surface area contributed by atoms with Crippen molar-refractivity contribution >= 4 is 11.3 Å². The van der Waals surface area contributed by atoms with Crippen LogP contribution in [0.4, 0.5) is 0 Å². The summed E-state index contributed by atoms with van der Waals surface area (Å²) in [5, 5.41) is 2.21. The van der Waals surface area contributed by atoms with E-state index in [4.69, 9.17) is 0 Å². The van der Waals surface area contributed by atoms with Crippen molar-refractivity contribution in [3.8, 4) is 11.4 Å². The van der Waals surface area contributed by atoms with E-state index in [1.54, 1.807) is 0 Å². The quantitative estimate of drug-likeness (QED) is 0.665. The van der Waals surface area contributed by atoms with Crippen molar-refractivity contribution in [1.82, 2.24) is 19.4 Å². The van der Waals surface area contributed by atoms with Crippen LogP contribution in [0.3, 0.4) is 0 Å². The summed E-state index contributed by atoms with van der Waals surface area (Å²) in [5.41, 5.74) is 3.78. The Hall–Kier alpha value is -1.98. The molecule has 0 spiro atoms. The van der Waals surface area contributed by atoms with Crippen LogP contribution in [0.15, 0.2) is 42.2 Å². The summed E-state index contributed by atoms with van der Waals surface area (Å²) < 4.78 is 2.38. The van der Waals surface area contributed by atoms with Crippen LogP contribution in [-0.4, -0.2) is 32.5 Å². The first kappa shape index (κ1) is 17.4. The monoisotopic (exact) mass is 366 g/mol. The van der Waals surface area contributed by atoms with Crippen molar-refractivity contribution in [1.29, 1.82) is 0 Å². The second kappa shape index (κ2) is 7.72. The van der Waals surface area contributed by atoms with E-state index in [9.17, 15) is 0 Å². The zero-order valence-electron chi connectivity index (χ0n) is 15.6. The van der Waals surface area contributed by atoms with Gasteiger partial charge in [0.1, 0.15) is 5.82 Å². The van der Waals surface area contributed by atoms with Gasteiger partial charge in [-0.15, -0.1) is 11.3 Å². The number of hydrogen-bond acceptors (Lipinski definition) is 4. The number of pyridine rings is 1. The molecule has 1 aliphatic heterocycles. The number of imidazole rings is 1. The van der Waals surface area contributed by atoms with Crippen molar-refractivity contribution < 1.29 is 0 Å². The molecule has 0 aliphatic carbocycles. The fourth-order valence-corrected chi connectivity index (χ4v) is 4.72. The van der Waals surface area contributed by atoms with Gasteiger partial charge in [0, 0.05) is 47.8 Å². The lowest BCUT2D eigenvalue weighted by molar-refractivity contribution is 0.168. The van der Waals surface area contributed by atoms with Gasteiger partial charge in [-0.3, -0.25) is 9.88 Å². The predicted octanol–water partition coefficient (Wildman–Crippen LogP) is 4.54. The number of thiophene rings is 1. The normalized spacial score (nSPS) is 16.2. The van der Waals surface area contributed by atoms with Crippen LogP contribution in [0, 0.1) is 19.8 Å². The van der Waals surface area contributed by atoms with Gasteiger partial charge in [-0.25, -0.2) is 4.98 Å². The highest BCUT2D eigenvalue weighted by Crippen LogP contribution is 2.26. The molecule has 0 bridgehead atoms. The average Bonchev–Trinajstić information content (AvgIpc) is 3.24. The van der Waals surface area contributed by atoms with Crippen molar-refractivity contribution in [2.24, 2.45) is 5.92 Å². The molecule has 3 aromatic rings. The summed E-state index contributed by atoms with van der Waals surface area (Å²) in [6.07, 6.45) is 8.22. The third kappa shape index (κ3) is 3.74. The Morgan fingerprint density at radius 3 is 2.69 bits per heavy atom. The third-order valence-corrected chi connectivity index (χ3v) is 6.47. The summed E-state index contributed by atoms with van der Waals surface area (Å²) >= 11 is 1.89. The molecule has 0 aromatic carbocycles. The van der Waals surface area contributed by atoms with Gasteiger partial charge in [0.05, 0.1) is 0 Å². The summed E-state index contributed by atoms with van der Waals surface area (Å²) in [7, 11) is 0. The van der Waals surface area contributed by atoms with Crippen LogP contribution >= 0.6 is 11.3 Å². The summed E-state index contributed by atoms with van der Waals surface area (Å²) in [6.45, 7) is 8.93. The molecule has 0 unspecified atom stereocenters. The molecule has 0 saturated carbocycles. The van der Waals surface area contributed by atoms with Crippen LogP contribution in [0.2, 0.25) is 0 Å². The highest BCUT2D eigenvalue weighted by Gasteiger charge is 2.22. The molecule has 1 aliphatic rings. The molecule has 0 radical (unpaired) electrons. The van der Waals surface area contributed by atoms with E-state index in [-0.39, 0.29) is 0 Å². The second-order valence-corrected chi connectivity index (χ2v) is 8.32. The van der Waals surface area contributed by atoms with E-state index in [0.29, 0.717) is 0 Å². The molecule has 1 saturated heterocycles. The standard InChI is InChI=1S/C21H26N4S/c1-16-7-11-26-20(16)15-24-9-5-18(6-10-24)14-25-17(2)12-23-21(25)19-4-3-8-22-13-19/h3-4,7-8,11-13,18H,5-6,9-10,14-15H2,1-2H3. The van der Waals surface area contributed by atoms with Crippen molar-refractivity contribution in [2.45, 2.75) is 39.8 Å². The van der Waals surface area contributed by atoms with E-state index < -0.39 is 0 Å². The van der Waals surface area contributed by atoms with E-state index in [1.165, 1.54) is 42.1 Å². The maximum atomic E-state index is 4.64. The minimum Gasteiger partial charge on any atom is -0.328 e. The molecule has 0 amide bonds. The minimum atomic E-state index is 0.721. The molecule has 4 heterocycles. The Bertz CT molecular complexity index is 844. The number of aryl methyl sites for hydroxylation is 2. The van der Waals surface area contributed by atoms with Crippen LogP contribution in [0.25, 0.3) is 11.4 Å². The van der Waals surface area contributed by atoms with Gasteiger partial charge < -0.3 is 4.57 Å². The van der Waals surface area contributed by atoms with Gasteiger partial charge in [0.25, 0.3) is 0 Å². The molecule has 26 heavy (non-hydrogen) atoms. The molecule has 3 aromatic heterocycles. The highest BCUT2D eigenvalue weighted by molar-refractivity contribution is 7.10. The second-order valence-electron chi connectivity index (χ2n) is 7.32. The van der Waals surface area contributed by atoms with Gasteiger partial charge in [-0.1, -0.05) is 0 Å². The van der Waals surface area contributed by atoms with Gasteiger partial charge in [-0.2, -0.15) is 0 Å². The number of nitrogens with zero attached hydrogens (tertiary/aromatic N) is 4. The van der Waals surface area contributed by atoms with Crippen molar-refractivity contribution in [3.63, 3.8) is 0 Å². The van der Waals surface area contributed by atoms with Crippen LogP contribution in [-0.2, 0) is 13.1 Å². The molecular formula is C21H26N4S. The van der Waals surface area contributed by atoms with Gasteiger partial charge >= 0.3 is 0 Å². The lowest BCUT2D eigenvalue weighted by Gasteiger charge is -2.32. The van der Waals surface area contributed by atoms with E-state index in [0.717, 1.165) is 30.4 Å². The Morgan fingerprint density at radius 1 is 1.15 bits per heavy atom. The smallest absolute Gasteiger partial charge is 0.141 e. The summed E-state index contributed by atoms with van der Waals surface area (Å²) in [6, 6.07) is 6.31. The number of piperidine rings is 1. The van der Waals surface area contributed by atoms with Crippen LogP contribution < -0.4 is 0 Å². The minimum absolute atomic E-state index is 0.721. The lowest BCUT2D eigenvalue weighted by Crippen LogP contribution is -2.34. The first-order valence-electron chi connectivity index (χ1n) is 9.38. The molecular weight excluding hydrogens is 340 g/mol. The average molecular weight is 367 g/mol. The summed E-state index contributed by atoms with van der Waals surface area (Å²) in [4.78, 5) is 13.0.